The summed E-state index contributed by atoms with van der Waals surface area (Å²) >= 11 is 5.73. The van der Waals surface area contributed by atoms with E-state index in [1.165, 1.54) is 0 Å². The molecule has 7 nitrogen and oxygen atoms in total. The highest BCUT2D eigenvalue weighted by molar-refractivity contribution is 6.28. The molecule has 0 fully saturated rings. The van der Waals surface area contributed by atoms with E-state index < -0.39 is 0 Å². The summed E-state index contributed by atoms with van der Waals surface area (Å²) in [5, 5.41) is 9.64. The highest BCUT2D eigenvalue weighted by Crippen LogP contribution is 2.28. The molecular formula is C19H17ClN6O. The maximum Gasteiger partial charge on any atom is 0.222 e. The second-order valence-corrected chi connectivity index (χ2v) is 6.41. The number of rotatable bonds is 5. The summed E-state index contributed by atoms with van der Waals surface area (Å²) < 4.78 is 7.77. The third kappa shape index (κ3) is 3.68. The first kappa shape index (κ1) is 17.2. The number of aryl methyl sites for hydroxylation is 1. The number of aromatic nitrogens is 5. The van der Waals surface area contributed by atoms with Crippen molar-refractivity contribution >= 4 is 33.9 Å². The smallest absolute Gasteiger partial charge is 0.222 e. The van der Waals surface area contributed by atoms with Gasteiger partial charge in [0.2, 0.25) is 5.28 Å². The average Bonchev–Trinajstić information content (AvgIpc) is 3.00. The SMILES string of the molecule is Cc1c(COc2ccc3c(Nc4cnc(Cl)nc4)nccc3c2)cnn1C. The van der Waals surface area contributed by atoms with Crippen LogP contribution in [0.5, 0.6) is 5.75 Å². The highest BCUT2D eigenvalue weighted by Gasteiger charge is 2.07. The third-order valence-corrected chi connectivity index (χ3v) is 4.55. The zero-order valence-corrected chi connectivity index (χ0v) is 15.6. The highest BCUT2D eigenvalue weighted by atomic mass is 35.5. The molecule has 0 aliphatic heterocycles. The summed E-state index contributed by atoms with van der Waals surface area (Å²) in [5.41, 5.74) is 2.88. The molecule has 1 aromatic carbocycles. The molecular weight excluding hydrogens is 364 g/mol. The maximum atomic E-state index is 5.94. The Morgan fingerprint density at radius 3 is 2.67 bits per heavy atom. The van der Waals surface area contributed by atoms with Crippen LogP contribution >= 0.6 is 11.6 Å². The van der Waals surface area contributed by atoms with Crippen LogP contribution in [0.25, 0.3) is 10.8 Å². The summed E-state index contributed by atoms with van der Waals surface area (Å²) in [4.78, 5) is 12.3. The Balaban J connectivity index is 1.56. The number of pyridine rings is 1. The monoisotopic (exact) mass is 380 g/mol. The molecule has 0 spiro atoms. The largest absolute Gasteiger partial charge is 0.489 e. The molecule has 3 aromatic heterocycles. The van der Waals surface area contributed by atoms with Crippen LogP contribution in [0.4, 0.5) is 11.5 Å². The van der Waals surface area contributed by atoms with Gasteiger partial charge in [0.25, 0.3) is 0 Å². The topological polar surface area (TPSA) is 77.8 Å². The molecule has 0 amide bonds. The first-order chi connectivity index (χ1) is 13.1. The molecule has 0 saturated heterocycles. The quantitative estimate of drug-likeness (QED) is 0.526. The Morgan fingerprint density at radius 2 is 1.93 bits per heavy atom. The number of nitrogens with zero attached hydrogens (tertiary/aromatic N) is 5. The first-order valence-corrected chi connectivity index (χ1v) is 8.71. The Morgan fingerprint density at radius 1 is 1.11 bits per heavy atom. The van der Waals surface area contributed by atoms with Gasteiger partial charge in [-0.25, -0.2) is 15.0 Å². The minimum atomic E-state index is 0.206. The number of hydrogen-bond acceptors (Lipinski definition) is 6. The molecule has 0 saturated carbocycles. The van der Waals surface area contributed by atoms with Gasteiger partial charge in [-0.2, -0.15) is 5.10 Å². The van der Waals surface area contributed by atoms with Gasteiger partial charge in [-0.1, -0.05) is 0 Å². The van der Waals surface area contributed by atoms with Crippen molar-refractivity contribution in [1.29, 1.82) is 0 Å². The molecule has 1 N–H and O–H groups in total. The number of anilines is 2. The van der Waals surface area contributed by atoms with Crippen LogP contribution in [0.15, 0.2) is 49.1 Å². The van der Waals surface area contributed by atoms with E-state index in [9.17, 15) is 0 Å². The van der Waals surface area contributed by atoms with E-state index in [4.69, 9.17) is 16.3 Å². The molecule has 0 bridgehead atoms. The molecule has 0 radical (unpaired) electrons. The van der Waals surface area contributed by atoms with Crippen molar-refractivity contribution in [3.05, 3.63) is 65.6 Å². The van der Waals surface area contributed by atoms with Crippen molar-refractivity contribution < 1.29 is 4.74 Å². The molecule has 0 unspecified atom stereocenters. The van der Waals surface area contributed by atoms with Crippen molar-refractivity contribution in [3.63, 3.8) is 0 Å². The Labute approximate surface area is 161 Å². The molecule has 3 heterocycles. The zero-order chi connectivity index (χ0) is 18.8. The minimum Gasteiger partial charge on any atom is -0.489 e. The molecule has 0 aliphatic carbocycles. The van der Waals surface area contributed by atoms with Crippen molar-refractivity contribution in [2.45, 2.75) is 13.5 Å². The van der Waals surface area contributed by atoms with E-state index in [1.54, 1.807) is 18.6 Å². The van der Waals surface area contributed by atoms with Crippen molar-refractivity contribution in [2.24, 2.45) is 7.05 Å². The van der Waals surface area contributed by atoms with Gasteiger partial charge < -0.3 is 10.1 Å². The van der Waals surface area contributed by atoms with E-state index in [0.717, 1.165) is 27.8 Å². The van der Waals surface area contributed by atoms with Gasteiger partial charge in [0.15, 0.2) is 0 Å². The fraction of sp³-hybridized carbons (Fsp3) is 0.158. The van der Waals surface area contributed by atoms with Crippen LogP contribution in [0, 0.1) is 6.92 Å². The second kappa shape index (κ2) is 7.20. The van der Waals surface area contributed by atoms with Gasteiger partial charge in [-0.05, 0) is 48.2 Å². The molecule has 136 valence electrons. The summed E-state index contributed by atoms with van der Waals surface area (Å²) in [7, 11) is 1.92. The molecule has 8 heteroatoms. The number of ether oxygens (including phenoxy) is 1. The van der Waals surface area contributed by atoms with Gasteiger partial charge in [0, 0.05) is 29.9 Å². The summed E-state index contributed by atoms with van der Waals surface area (Å²) in [6.07, 6.45) is 6.81. The van der Waals surface area contributed by atoms with Gasteiger partial charge in [0.1, 0.15) is 18.2 Å². The second-order valence-electron chi connectivity index (χ2n) is 6.08. The number of halogens is 1. The number of hydrogen-bond donors (Lipinski definition) is 1. The van der Waals surface area contributed by atoms with Crippen LogP contribution in [0.1, 0.15) is 11.3 Å². The van der Waals surface area contributed by atoms with Crippen LogP contribution < -0.4 is 10.1 Å². The lowest BCUT2D eigenvalue weighted by Crippen LogP contribution is -1.99. The third-order valence-electron chi connectivity index (χ3n) is 4.35. The fourth-order valence-corrected chi connectivity index (χ4v) is 2.80. The standard InChI is InChI=1S/C19H17ClN6O/c1-12-14(8-24-26(12)2)11-27-16-3-4-17-13(7-16)5-6-21-18(17)25-15-9-22-19(20)23-10-15/h3-10H,11H2,1-2H3,(H,21,25). The van der Waals surface area contributed by atoms with Crippen LogP contribution in [0.3, 0.4) is 0 Å². The predicted molar refractivity (Wildman–Crippen MR) is 104 cm³/mol. The molecule has 0 atom stereocenters. The summed E-state index contributed by atoms with van der Waals surface area (Å²) in [6.45, 7) is 2.50. The van der Waals surface area contributed by atoms with E-state index in [1.807, 2.05) is 49.1 Å². The lowest BCUT2D eigenvalue weighted by molar-refractivity contribution is 0.305. The maximum absolute atomic E-state index is 5.94. The number of fused-ring (bicyclic) bond motifs is 1. The Hall–Kier alpha value is -3.19. The summed E-state index contributed by atoms with van der Waals surface area (Å²) in [6, 6.07) is 7.85. The minimum absolute atomic E-state index is 0.206. The first-order valence-electron chi connectivity index (χ1n) is 8.34. The number of nitrogens with one attached hydrogen (secondary N) is 1. The molecule has 27 heavy (non-hydrogen) atoms. The van der Waals surface area contributed by atoms with Gasteiger partial charge in [0.05, 0.1) is 24.3 Å². The van der Waals surface area contributed by atoms with E-state index >= 15 is 0 Å². The van der Waals surface area contributed by atoms with E-state index in [0.29, 0.717) is 18.1 Å². The fourth-order valence-electron chi connectivity index (χ4n) is 2.71. The predicted octanol–water partition coefficient (Wildman–Crippen LogP) is 4.04. The lowest BCUT2D eigenvalue weighted by Gasteiger charge is -2.10. The Bertz CT molecular complexity index is 1090. The lowest BCUT2D eigenvalue weighted by atomic mass is 10.1. The van der Waals surface area contributed by atoms with Crippen LogP contribution in [-0.2, 0) is 13.7 Å². The molecule has 4 aromatic rings. The van der Waals surface area contributed by atoms with Crippen molar-refractivity contribution in [1.82, 2.24) is 24.7 Å². The average molecular weight is 381 g/mol. The van der Waals surface area contributed by atoms with Gasteiger partial charge >= 0.3 is 0 Å². The van der Waals surface area contributed by atoms with Gasteiger partial charge in [-0.15, -0.1) is 0 Å². The van der Waals surface area contributed by atoms with Crippen LogP contribution in [0.2, 0.25) is 5.28 Å². The van der Waals surface area contributed by atoms with Crippen LogP contribution in [-0.4, -0.2) is 24.7 Å². The van der Waals surface area contributed by atoms with E-state index in [-0.39, 0.29) is 5.28 Å². The molecule has 4 rings (SSSR count). The number of benzene rings is 1. The Kier molecular flexibility index (Phi) is 4.60. The van der Waals surface area contributed by atoms with E-state index in [2.05, 4.69) is 25.4 Å². The zero-order valence-electron chi connectivity index (χ0n) is 14.8. The van der Waals surface area contributed by atoms with Crippen molar-refractivity contribution in [2.75, 3.05) is 5.32 Å². The normalized spacial score (nSPS) is 10.9. The van der Waals surface area contributed by atoms with Crippen molar-refractivity contribution in [3.8, 4) is 5.75 Å². The summed E-state index contributed by atoms with van der Waals surface area (Å²) in [5.74, 6) is 1.51. The van der Waals surface area contributed by atoms with Gasteiger partial charge in [-0.3, -0.25) is 4.68 Å². The molecule has 0 aliphatic rings.